The summed E-state index contributed by atoms with van der Waals surface area (Å²) in [6.07, 6.45) is 5.40. The van der Waals surface area contributed by atoms with Gasteiger partial charge in [-0.25, -0.2) is 0 Å². The van der Waals surface area contributed by atoms with E-state index in [1.165, 1.54) is 0 Å². The Hall–Kier alpha value is -1.51. The minimum atomic E-state index is -0.425. The van der Waals surface area contributed by atoms with Crippen LogP contribution in [0.15, 0.2) is 37.1 Å². The number of primary amides is 1. The zero-order valence-electron chi connectivity index (χ0n) is 7.05. The predicted octanol–water partition coefficient (Wildman–Crippen LogP) is 0.707. The van der Waals surface area contributed by atoms with Crippen molar-refractivity contribution in [1.82, 2.24) is 5.32 Å². The van der Waals surface area contributed by atoms with Gasteiger partial charge in [0.1, 0.15) is 0 Å². The molecule has 3 heteroatoms. The molecule has 0 rings (SSSR count). The summed E-state index contributed by atoms with van der Waals surface area (Å²) in [6.45, 7) is 7.65. The molecule has 0 fully saturated rings. The Balaban J connectivity index is 4.07. The normalized spacial score (nSPS) is 10.5. The van der Waals surface area contributed by atoms with Crippen molar-refractivity contribution in [2.24, 2.45) is 5.73 Å². The van der Waals surface area contributed by atoms with Crippen LogP contribution in [0.25, 0.3) is 0 Å². The van der Waals surface area contributed by atoms with Crippen LogP contribution in [0, 0.1) is 0 Å². The average molecular weight is 166 g/mol. The number of allylic oxidation sites excluding steroid dienone is 1. The Bertz CT molecular complexity index is 207. The quantitative estimate of drug-likeness (QED) is 0.347. The molecule has 0 radical (unpaired) electrons. The Labute approximate surface area is 72.6 Å². The van der Waals surface area contributed by atoms with Crippen molar-refractivity contribution in [1.29, 1.82) is 0 Å². The summed E-state index contributed by atoms with van der Waals surface area (Å²) in [5, 5.41) is 2.87. The van der Waals surface area contributed by atoms with Crippen LogP contribution in [0.5, 0.6) is 0 Å². The van der Waals surface area contributed by atoms with E-state index in [1.54, 1.807) is 18.4 Å². The third-order valence-electron chi connectivity index (χ3n) is 1.22. The van der Waals surface area contributed by atoms with E-state index in [2.05, 4.69) is 18.5 Å². The summed E-state index contributed by atoms with van der Waals surface area (Å²) < 4.78 is 0. The van der Waals surface area contributed by atoms with E-state index < -0.39 is 5.91 Å². The minimum Gasteiger partial charge on any atom is -0.387 e. The second-order valence-electron chi connectivity index (χ2n) is 2.22. The molecule has 0 saturated heterocycles. The first-order valence-electron chi connectivity index (χ1n) is 3.66. The number of carbonyl (C=O) groups excluding carboxylic acids is 1. The summed E-state index contributed by atoms with van der Waals surface area (Å²) in [7, 11) is 0. The average Bonchev–Trinajstić information content (AvgIpc) is 2.03. The molecule has 0 saturated carbocycles. The van der Waals surface area contributed by atoms with E-state index in [4.69, 9.17) is 5.73 Å². The third-order valence-corrected chi connectivity index (χ3v) is 1.22. The van der Waals surface area contributed by atoms with Gasteiger partial charge in [-0.15, -0.1) is 13.2 Å². The third kappa shape index (κ3) is 4.33. The Morgan fingerprint density at radius 3 is 2.50 bits per heavy atom. The van der Waals surface area contributed by atoms with Gasteiger partial charge in [0.2, 0.25) is 5.91 Å². The number of hydrogen-bond donors (Lipinski definition) is 2. The van der Waals surface area contributed by atoms with E-state index in [9.17, 15) is 4.79 Å². The molecule has 0 atom stereocenters. The molecular formula is C9H14N2O. The molecule has 0 aliphatic heterocycles. The Morgan fingerprint density at radius 2 is 2.08 bits per heavy atom. The molecule has 3 N–H and O–H groups in total. The number of carbonyl (C=O) groups is 1. The summed E-state index contributed by atoms with van der Waals surface area (Å²) in [5.74, 6) is -0.425. The van der Waals surface area contributed by atoms with Gasteiger partial charge in [-0.3, -0.25) is 4.79 Å². The minimum absolute atomic E-state index is 0.425. The lowest BCUT2D eigenvalue weighted by atomic mass is 10.2. The molecule has 0 aromatic heterocycles. The zero-order chi connectivity index (χ0) is 9.40. The smallest absolute Gasteiger partial charge is 0.246 e. The fraction of sp³-hybridized carbons (Fsp3) is 0.222. The van der Waals surface area contributed by atoms with Gasteiger partial charge < -0.3 is 11.1 Å². The van der Waals surface area contributed by atoms with Crippen molar-refractivity contribution in [3.05, 3.63) is 37.1 Å². The van der Waals surface area contributed by atoms with Gasteiger partial charge >= 0.3 is 0 Å². The molecule has 3 nitrogen and oxygen atoms in total. The van der Waals surface area contributed by atoms with E-state index in [1.807, 2.05) is 0 Å². The second kappa shape index (κ2) is 6.22. The summed E-state index contributed by atoms with van der Waals surface area (Å²) in [4.78, 5) is 10.7. The number of amides is 1. The van der Waals surface area contributed by atoms with Crippen LogP contribution < -0.4 is 11.1 Å². The van der Waals surface area contributed by atoms with Gasteiger partial charge in [-0.2, -0.15) is 0 Å². The monoisotopic (exact) mass is 166 g/mol. The van der Waals surface area contributed by atoms with Gasteiger partial charge in [0.05, 0.1) is 0 Å². The number of nitrogens with two attached hydrogens (primary N) is 1. The summed E-state index contributed by atoms with van der Waals surface area (Å²) in [5.41, 5.74) is 5.60. The van der Waals surface area contributed by atoms with Gasteiger partial charge in [0, 0.05) is 18.3 Å². The molecule has 0 heterocycles. The highest BCUT2D eigenvalue weighted by molar-refractivity contribution is 5.92. The lowest BCUT2D eigenvalue weighted by molar-refractivity contribution is -0.114. The lowest BCUT2D eigenvalue weighted by Crippen LogP contribution is -2.17. The molecule has 66 valence electrons. The van der Waals surface area contributed by atoms with Crippen LogP contribution in [0.4, 0.5) is 0 Å². The summed E-state index contributed by atoms with van der Waals surface area (Å²) in [6, 6.07) is 0. The van der Waals surface area contributed by atoms with Crippen LogP contribution in [0.3, 0.4) is 0 Å². The highest BCUT2D eigenvalue weighted by Crippen LogP contribution is 1.98. The van der Waals surface area contributed by atoms with Crippen LogP contribution in [-0.2, 0) is 4.79 Å². The van der Waals surface area contributed by atoms with Crippen LogP contribution in [-0.4, -0.2) is 12.5 Å². The maximum atomic E-state index is 10.7. The topological polar surface area (TPSA) is 55.1 Å². The molecule has 0 aliphatic rings. The van der Waals surface area contributed by atoms with E-state index >= 15 is 0 Å². The molecule has 0 spiro atoms. The van der Waals surface area contributed by atoms with Gasteiger partial charge in [0.25, 0.3) is 0 Å². The molecule has 0 aromatic rings. The number of hydrogen-bond acceptors (Lipinski definition) is 2. The van der Waals surface area contributed by atoms with Crippen molar-refractivity contribution in [2.75, 3.05) is 6.54 Å². The maximum absolute atomic E-state index is 10.7. The van der Waals surface area contributed by atoms with Crippen molar-refractivity contribution in [3.8, 4) is 0 Å². The zero-order valence-corrected chi connectivity index (χ0v) is 7.05. The van der Waals surface area contributed by atoms with E-state index in [0.717, 1.165) is 0 Å². The number of nitrogens with one attached hydrogen (secondary N) is 1. The molecule has 0 aliphatic carbocycles. The van der Waals surface area contributed by atoms with Crippen LogP contribution in [0.2, 0.25) is 0 Å². The van der Waals surface area contributed by atoms with Crippen molar-refractivity contribution < 1.29 is 4.79 Å². The molecule has 12 heavy (non-hydrogen) atoms. The standard InChI is InChI=1S/C9H14N2O/c1-3-5-8(9(10)12)7-11-6-4-2/h3-4,7,11H,1-2,5-6H2,(H2,10,12). The first-order chi connectivity index (χ1) is 5.72. The van der Waals surface area contributed by atoms with Crippen molar-refractivity contribution in [3.63, 3.8) is 0 Å². The van der Waals surface area contributed by atoms with Crippen molar-refractivity contribution in [2.45, 2.75) is 6.42 Å². The molecule has 0 unspecified atom stereocenters. The molecular weight excluding hydrogens is 152 g/mol. The second-order valence-corrected chi connectivity index (χ2v) is 2.22. The Kier molecular flexibility index (Phi) is 5.43. The molecule has 1 amide bonds. The maximum Gasteiger partial charge on any atom is 0.246 e. The first kappa shape index (κ1) is 10.5. The highest BCUT2D eigenvalue weighted by atomic mass is 16.1. The highest BCUT2D eigenvalue weighted by Gasteiger charge is 2.00. The SMILES string of the molecule is C=CCNC=C(CC=C)C(N)=O. The van der Waals surface area contributed by atoms with Crippen molar-refractivity contribution >= 4 is 5.91 Å². The molecule has 0 bridgehead atoms. The summed E-state index contributed by atoms with van der Waals surface area (Å²) >= 11 is 0. The largest absolute Gasteiger partial charge is 0.387 e. The van der Waals surface area contributed by atoms with Gasteiger partial charge in [-0.05, 0) is 6.42 Å². The van der Waals surface area contributed by atoms with Crippen LogP contribution >= 0.6 is 0 Å². The molecule has 0 aromatic carbocycles. The van der Waals surface area contributed by atoms with Gasteiger partial charge in [0.15, 0.2) is 0 Å². The predicted molar refractivity (Wildman–Crippen MR) is 50.3 cm³/mol. The fourth-order valence-electron chi connectivity index (χ4n) is 0.652. The number of rotatable bonds is 6. The van der Waals surface area contributed by atoms with Gasteiger partial charge in [-0.1, -0.05) is 12.2 Å². The lowest BCUT2D eigenvalue weighted by Gasteiger charge is -1.99. The van der Waals surface area contributed by atoms with E-state index in [-0.39, 0.29) is 0 Å². The fourth-order valence-corrected chi connectivity index (χ4v) is 0.652. The van der Waals surface area contributed by atoms with Crippen LogP contribution in [0.1, 0.15) is 6.42 Å². The first-order valence-corrected chi connectivity index (χ1v) is 3.66. The Morgan fingerprint density at radius 1 is 1.42 bits per heavy atom. The van der Waals surface area contributed by atoms with E-state index in [0.29, 0.717) is 18.5 Å².